The summed E-state index contributed by atoms with van der Waals surface area (Å²) in [5, 5.41) is 4.12. The highest BCUT2D eigenvalue weighted by molar-refractivity contribution is 6.42. The van der Waals surface area contributed by atoms with Gasteiger partial charge in [-0.05, 0) is 31.4 Å². The van der Waals surface area contributed by atoms with Gasteiger partial charge in [-0.3, -0.25) is 9.78 Å². The van der Waals surface area contributed by atoms with E-state index in [-0.39, 0.29) is 24.1 Å². The van der Waals surface area contributed by atoms with E-state index in [1.54, 1.807) is 18.3 Å². The standard InChI is InChI=1S/C19H22Cl2N4O2/c1-27-11-18(26)24-16-4-7-25(19(16)5-2-3-6-19)17-10-22-14-8-12(20)13(21)9-15(14)23-17/h8-10,16H,2-7,11H2,1H3,(H,24,26). The Kier molecular flexibility index (Phi) is 5.14. The fourth-order valence-electron chi connectivity index (χ4n) is 4.59. The Morgan fingerprint density at radius 2 is 2.00 bits per heavy atom. The van der Waals surface area contributed by atoms with Crippen LogP contribution in [0, 0.1) is 0 Å². The molecule has 1 aromatic heterocycles. The molecule has 2 fully saturated rings. The molecule has 0 bridgehead atoms. The number of hydrogen-bond donors (Lipinski definition) is 1. The van der Waals surface area contributed by atoms with E-state index in [0.29, 0.717) is 10.0 Å². The van der Waals surface area contributed by atoms with Crippen LogP contribution in [0.3, 0.4) is 0 Å². The number of nitrogens with zero attached hydrogens (tertiary/aromatic N) is 3. The number of rotatable bonds is 4. The Morgan fingerprint density at radius 3 is 2.70 bits per heavy atom. The second-order valence-corrected chi connectivity index (χ2v) is 8.10. The minimum atomic E-state index is -0.109. The first-order valence-corrected chi connectivity index (χ1v) is 9.97. The van der Waals surface area contributed by atoms with Crippen molar-refractivity contribution in [1.29, 1.82) is 0 Å². The number of benzene rings is 1. The molecule has 1 saturated heterocycles. The molecule has 1 amide bonds. The number of fused-ring (bicyclic) bond motifs is 1. The van der Waals surface area contributed by atoms with E-state index in [1.165, 1.54) is 7.11 Å². The fraction of sp³-hybridized carbons (Fsp3) is 0.526. The van der Waals surface area contributed by atoms with Crippen LogP contribution in [0.2, 0.25) is 10.0 Å². The SMILES string of the molecule is COCC(=O)NC1CCN(c2cnc3cc(Cl)c(Cl)cc3n2)C12CCCC2. The lowest BCUT2D eigenvalue weighted by atomic mass is 9.89. The zero-order chi connectivity index (χ0) is 19.0. The van der Waals surface area contributed by atoms with Gasteiger partial charge in [0.2, 0.25) is 5.91 Å². The van der Waals surface area contributed by atoms with Crippen LogP contribution < -0.4 is 10.2 Å². The molecule has 1 atom stereocenters. The van der Waals surface area contributed by atoms with E-state index in [0.717, 1.165) is 55.5 Å². The Bertz CT molecular complexity index is 870. The lowest BCUT2D eigenvalue weighted by Crippen LogP contribution is -2.55. The average molecular weight is 409 g/mol. The molecule has 6 nitrogen and oxygen atoms in total. The van der Waals surface area contributed by atoms with Gasteiger partial charge >= 0.3 is 0 Å². The molecule has 2 aromatic rings. The Labute approximate surface area is 168 Å². The number of anilines is 1. The summed E-state index contributed by atoms with van der Waals surface area (Å²) in [5.41, 5.74) is 1.34. The van der Waals surface area contributed by atoms with Crippen LogP contribution in [0.5, 0.6) is 0 Å². The second-order valence-electron chi connectivity index (χ2n) is 7.29. The van der Waals surface area contributed by atoms with Gasteiger partial charge in [0.15, 0.2) is 0 Å². The summed E-state index contributed by atoms with van der Waals surface area (Å²) in [7, 11) is 1.54. The summed E-state index contributed by atoms with van der Waals surface area (Å²) < 4.78 is 4.97. The molecule has 0 radical (unpaired) electrons. The van der Waals surface area contributed by atoms with Crippen LogP contribution in [0.15, 0.2) is 18.3 Å². The number of nitrogens with one attached hydrogen (secondary N) is 1. The van der Waals surface area contributed by atoms with Crippen LogP contribution in [0.25, 0.3) is 11.0 Å². The second kappa shape index (κ2) is 7.41. The first-order chi connectivity index (χ1) is 13.0. The zero-order valence-electron chi connectivity index (χ0n) is 15.2. The van der Waals surface area contributed by atoms with Crippen molar-refractivity contribution in [2.75, 3.05) is 25.2 Å². The third-order valence-corrected chi connectivity index (χ3v) is 6.48. The molecule has 2 aliphatic rings. The summed E-state index contributed by atoms with van der Waals surface area (Å²) in [6, 6.07) is 3.58. The molecule has 1 aliphatic heterocycles. The van der Waals surface area contributed by atoms with E-state index in [9.17, 15) is 4.79 Å². The van der Waals surface area contributed by atoms with Crippen molar-refractivity contribution < 1.29 is 9.53 Å². The minimum Gasteiger partial charge on any atom is -0.375 e. The molecular formula is C19H22Cl2N4O2. The van der Waals surface area contributed by atoms with E-state index < -0.39 is 0 Å². The van der Waals surface area contributed by atoms with E-state index in [2.05, 4.69) is 15.2 Å². The van der Waals surface area contributed by atoms with Crippen LogP contribution in [0.4, 0.5) is 5.82 Å². The van der Waals surface area contributed by atoms with Gasteiger partial charge in [-0.2, -0.15) is 0 Å². The molecule has 1 N–H and O–H groups in total. The van der Waals surface area contributed by atoms with Gasteiger partial charge in [-0.1, -0.05) is 36.0 Å². The molecule has 2 heterocycles. The molecule has 1 unspecified atom stereocenters. The average Bonchev–Trinajstić information content (AvgIpc) is 3.25. The highest BCUT2D eigenvalue weighted by atomic mass is 35.5. The first-order valence-electron chi connectivity index (χ1n) is 9.21. The van der Waals surface area contributed by atoms with E-state index in [1.807, 2.05) is 0 Å². The molecule has 1 spiro atoms. The Hall–Kier alpha value is -1.63. The molecule has 27 heavy (non-hydrogen) atoms. The predicted octanol–water partition coefficient (Wildman–Crippen LogP) is 3.59. The van der Waals surface area contributed by atoms with Crippen LogP contribution in [-0.2, 0) is 9.53 Å². The van der Waals surface area contributed by atoms with Crippen molar-refractivity contribution in [2.45, 2.75) is 43.7 Å². The van der Waals surface area contributed by atoms with Gasteiger partial charge in [-0.15, -0.1) is 0 Å². The number of aromatic nitrogens is 2. The molecule has 1 saturated carbocycles. The summed E-state index contributed by atoms with van der Waals surface area (Å²) in [6.45, 7) is 0.918. The monoisotopic (exact) mass is 408 g/mol. The van der Waals surface area contributed by atoms with Crippen molar-refractivity contribution in [3.63, 3.8) is 0 Å². The third kappa shape index (κ3) is 3.35. The van der Waals surface area contributed by atoms with Crippen molar-refractivity contribution >= 4 is 46.0 Å². The van der Waals surface area contributed by atoms with E-state index in [4.69, 9.17) is 32.9 Å². The van der Waals surface area contributed by atoms with Gasteiger partial charge in [0, 0.05) is 13.7 Å². The smallest absolute Gasteiger partial charge is 0.246 e. The highest BCUT2D eigenvalue weighted by Crippen LogP contribution is 2.45. The first kappa shape index (κ1) is 18.7. The third-order valence-electron chi connectivity index (χ3n) is 5.76. The topological polar surface area (TPSA) is 67.3 Å². The quantitative estimate of drug-likeness (QED) is 0.836. The lowest BCUT2D eigenvalue weighted by Gasteiger charge is -2.40. The molecule has 1 aromatic carbocycles. The highest BCUT2D eigenvalue weighted by Gasteiger charge is 2.51. The molecular weight excluding hydrogens is 387 g/mol. The summed E-state index contributed by atoms with van der Waals surface area (Å²) in [5.74, 6) is 0.757. The zero-order valence-corrected chi connectivity index (χ0v) is 16.7. The number of methoxy groups -OCH3 is 1. The summed E-state index contributed by atoms with van der Waals surface area (Å²) >= 11 is 12.2. The van der Waals surface area contributed by atoms with Crippen LogP contribution in [-0.4, -0.2) is 47.7 Å². The number of hydrogen-bond acceptors (Lipinski definition) is 5. The molecule has 8 heteroatoms. The number of carbonyl (C=O) groups excluding carboxylic acids is 1. The van der Waals surface area contributed by atoms with Crippen molar-refractivity contribution in [3.05, 3.63) is 28.4 Å². The fourth-order valence-corrected chi connectivity index (χ4v) is 4.90. The number of amides is 1. The molecule has 1 aliphatic carbocycles. The normalized spacial score (nSPS) is 21.3. The van der Waals surface area contributed by atoms with Gasteiger partial charge in [0.05, 0.1) is 38.9 Å². The predicted molar refractivity (Wildman–Crippen MR) is 107 cm³/mol. The number of ether oxygens (including phenoxy) is 1. The van der Waals surface area contributed by atoms with Gasteiger partial charge < -0.3 is 15.0 Å². The number of carbonyl (C=O) groups is 1. The molecule has 4 rings (SSSR count). The minimum absolute atomic E-state index is 0.0679. The van der Waals surface area contributed by atoms with Crippen molar-refractivity contribution in [1.82, 2.24) is 15.3 Å². The van der Waals surface area contributed by atoms with Crippen LogP contribution >= 0.6 is 23.2 Å². The Balaban J connectivity index is 1.67. The largest absolute Gasteiger partial charge is 0.375 e. The van der Waals surface area contributed by atoms with Crippen molar-refractivity contribution in [3.8, 4) is 0 Å². The lowest BCUT2D eigenvalue weighted by molar-refractivity contribution is -0.125. The molecule has 144 valence electrons. The van der Waals surface area contributed by atoms with Crippen LogP contribution in [0.1, 0.15) is 32.1 Å². The number of halogens is 2. The maximum atomic E-state index is 12.1. The van der Waals surface area contributed by atoms with Crippen molar-refractivity contribution in [2.24, 2.45) is 0 Å². The maximum absolute atomic E-state index is 12.1. The maximum Gasteiger partial charge on any atom is 0.246 e. The Morgan fingerprint density at radius 1 is 1.30 bits per heavy atom. The summed E-state index contributed by atoms with van der Waals surface area (Å²) in [6.07, 6.45) is 7.05. The van der Waals surface area contributed by atoms with Gasteiger partial charge in [-0.25, -0.2) is 4.98 Å². The van der Waals surface area contributed by atoms with Gasteiger partial charge in [0.25, 0.3) is 0 Å². The summed E-state index contributed by atoms with van der Waals surface area (Å²) in [4.78, 5) is 23.8. The van der Waals surface area contributed by atoms with E-state index >= 15 is 0 Å². The van der Waals surface area contributed by atoms with Gasteiger partial charge in [0.1, 0.15) is 12.4 Å².